The number of nitrogens with two attached hydrogens (primary N) is 1. The van der Waals surface area contributed by atoms with Crippen LogP contribution in [0.5, 0.6) is 5.75 Å². The highest BCUT2D eigenvalue weighted by Crippen LogP contribution is 2.40. The normalized spacial score (nSPS) is 18.2. The largest absolute Gasteiger partial charge is 0.484 e. The van der Waals surface area contributed by atoms with Crippen LogP contribution in [0.4, 0.5) is 5.69 Å². The van der Waals surface area contributed by atoms with Gasteiger partial charge in [-0.3, -0.25) is 0 Å². The van der Waals surface area contributed by atoms with Crippen LogP contribution in [0, 0.1) is 0 Å². The molecule has 3 nitrogen and oxygen atoms in total. The summed E-state index contributed by atoms with van der Waals surface area (Å²) >= 11 is 0. The molecule has 0 atom stereocenters. The molecule has 0 amide bonds. The highest BCUT2D eigenvalue weighted by atomic mass is 16.5. The highest BCUT2D eigenvalue weighted by molar-refractivity contribution is 5.63. The van der Waals surface area contributed by atoms with Gasteiger partial charge in [-0.25, -0.2) is 0 Å². The van der Waals surface area contributed by atoms with E-state index in [1.165, 1.54) is 11.3 Å². The molecule has 0 spiro atoms. The van der Waals surface area contributed by atoms with E-state index in [1.807, 2.05) is 0 Å². The maximum Gasteiger partial charge on any atom is 0.143 e. The van der Waals surface area contributed by atoms with Gasteiger partial charge in [0.25, 0.3) is 0 Å². The predicted molar refractivity (Wildman–Crippen MR) is 90.3 cm³/mol. The third-order valence-electron chi connectivity index (χ3n) is 3.72. The van der Waals surface area contributed by atoms with E-state index in [1.54, 1.807) is 0 Å². The molecule has 0 unspecified atom stereocenters. The Bertz CT molecular complexity index is 521. The molecular formula is C18H30N2O. The van der Waals surface area contributed by atoms with Crippen LogP contribution in [0.15, 0.2) is 18.2 Å². The first-order valence-electron chi connectivity index (χ1n) is 7.75. The molecule has 21 heavy (non-hydrogen) atoms. The van der Waals surface area contributed by atoms with Gasteiger partial charge in [0.2, 0.25) is 0 Å². The lowest BCUT2D eigenvalue weighted by Crippen LogP contribution is -2.53. The number of rotatable bonds is 2. The fourth-order valence-corrected chi connectivity index (χ4v) is 2.83. The average molecular weight is 290 g/mol. The van der Waals surface area contributed by atoms with Gasteiger partial charge in [0.15, 0.2) is 0 Å². The van der Waals surface area contributed by atoms with Crippen LogP contribution in [-0.4, -0.2) is 24.2 Å². The molecule has 0 saturated carbocycles. The Balaban J connectivity index is 2.45. The van der Waals surface area contributed by atoms with Crippen molar-refractivity contribution in [1.29, 1.82) is 0 Å². The number of anilines is 1. The van der Waals surface area contributed by atoms with Gasteiger partial charge in [-0.2, -0.15) is 0 Å². The second-order valence-electron chi connectivity index (χ2n) is 8.64. The molecule has 1 aromatic rings. The van der Waals surface area contributed by atoms with Crippen LogP contribution in [0.25, 0.3) is 0 Å². The summed E-state index contributed by atoms with van der Waals surface area (Å²) in [6.07, 6.45) is 0. The molecule has 118 valence electrons. The second-order valence-corrected chi connectivity index (χ2v) is 8.64. The summed E-state index contributed by atoms with van der Waals surface area (Å²) in [6, 6.07) is 6.54. The van der Waals surface area contributed by atoms with Crippen molar-refractivity contribution >= 4 is 5.69 Å². The van der Waals surface area contributed by atoms with Crippen molar-refractivity contribution in [2.45, 2.75) is 65.0 Å². The molecule has 2 N–H and O–H groups in total. The molecule has 1 heterocycles. The second kappa shape index (κ2) is 4.91. The minimum Gasteiger partial charge on any atom is -0.484 e. The standard InChI is InChI=1S/C18H30N2O/c1-16(2,3)13-8-9-15-14(10-13)20(11-17(4,5)19)12-18(6,7)21-15/h8-10H,11-12,19H2,1-7H3. The molecule has 0 aliphatic carbocycles. The van der Waals surface area contributed by atoms with Gasteiger partial charge in [-0.05, 0) is 50.8 Å². The van der Waals surface area contributed by atoms with Crippen molar-refractivity contribution in [3.05, 3.63) is 23.8 Å². The van der Waals surface area contributed by atoms with Crippen LogP contribution in [-0.2, 0) is 5.41 Å². The van der Waals surface area contributed by atoms with Crippen LogP contribution in [0.2, 0.25) is 0 Å². The van der Waals surface area contributed by atoms with E-state index in [4.69, 9.17) is 10.5 Å². The van der Waals surface area contributed by atoms with Crippen molar-refractivity contribution in [3.63, 3.8) is 0 Å². The summed E-state index contributed by atoms with van der Waals surface area (Å²) in [5.74, 6) is 0.962. The molecule has 0 aromatic heterocycles. The zero-order chi connectivity index (χ0) is 16.1. The lowest BCUT2D eigenvalue weighted by Gasteiger charge is -2.43. The van der Waals surface area contributed by atoms with Gasteiger partial charge in [0.1, 0.15) is 11.4 Å². The number of fused-ring (bicyclic) bond motifs is 1. The molecule has 0 bridgehead atoms. The lowest BCUT2D eigenvalue weighted by molar-refractivity contribution is 0.103. The van der Waals surface area contributed by atoms with Gasteiger partial charge in [-0.15, -0.1) is 0 Å². The summed E-state index contributed by atoms with van der Waals surface area (Å²) in [7, 11) is 0. The number of ether oxygens (including phenoxy) is 1. The fraction of sp³-hybridized carbons (Fsp3) is 0.667. The topological polar surface area (TPSA) is 38.5 Å². The Morgan fingerprint density at radius 3 is 2.33 bits per heavy atom. The van der Waals surface area contributed by atoms with Crippen molar-refractivity contribution in [1.82, 2.24) is 0 Å². The number of benzene rings is 1. The average Bonchev–Trinajstić information content (AvgIpc) is 2.23. The highest BCUT2D eigenvalue weighted by Gasteiger charge is 2.34. The van der Waals surface area contributed by atoms with Crippen molar-refractivity contribution in [3.8, 4) is 5.75 Å². The summed E-state index contributed by atoms with van der Waals surface area (Å²) in [4.78, 5) is 2.37. The molecule has 0 radical (unpaired) electrons. The maximum absolute atomic E-state index is 6.25. The summed E-state index contributed by atoms with van der Waals surface area (Å²) < 4.78 is 6.15. The predicted octanol–water partition coefficient (Wildman–Crippen LogP) is 3.70. The van der Waals surface area contributed by atoms with Crippen LogP contribution >= 0.6 is 0 Å². The molecule has 0 fully saturated rings. The summed E-state index contributed by atoms with van der Waals surface area (Å²) in [5.41, 5.74) is 8.45. The third kappa shape index (κ3) is 3.91. The van der Waals surface area contributed by atoms with Gasteiger partial charge >= 0.3 is 0 Å². The quantitative estimate of drug-likeness (QED) is 0.902. The van der Waals surface area contributed by atoms with Gasteiger partial charge in [0.05, 0.1) is 12.2 Å². The molecule has 2 rings (SSSR count). The Morgan fingerprint density at radius 1 is 1.19 bits per heavy atom. The smallest absolute Gasteiger partial charge is 0.143 e. The molecule has 1 aromatic carbocycles. The zero-order valence-electron chi connectivity index (χ0n) is 14.6. The molecule has 3 heteroatoms. The lowest BCUT2D eigenvalue weighted by atomic mass is 9.86. The van der Waals surface area contributed by atoms with Crippen molar-refractivity contribution in [2.24, 2.45) is 5.73 Å². The molecule has 1 aliphatic rings. The van der Waals surface area contributed by atoms with Gasteiger partial charge < -0.3 is 15.4 Å². The fourth-order valence-electron chi connectivity index (χ4n) is 2.83. The minimum atomic E-state index is -0.234. The molecular weight excluding hydrogens is 260 g/mol. The Kier molecular flexibility index (Phi) is 3.78. The van der Waals surface area contributed by atoms with E-state index in [0.717, 1.165) is 18.8 Å². The maximum atomic E-state index is 6.25. The number of hydrogen-bond donors (Lipinski definition) is 1. The van der Waals surface area contributed by atoms with E-state index >= 15 is 0 Å². The van der Waals surface area contributed by atoms with Gasteiger partial charge in [-0.1, -0.05) is 26.8 Å². The first kappa shape index (κ1) is 16.2. The van der Waals surface area contributed by atoms with Crippen molar-refractivity contribution < 1.29 is 4.74 Å². The van der Waals surface area contributed by atoms with E-state index in [0.29, 0.717) is 0 Å². The monoisotopic (exact) mass is 290 g/mol. The van der Waals surface area contributed by atoms with E-state index in [2.05, 4.69) is 71.6 Å². The van der Waals surface area contributed by atoms with Crippen LogP contribution < -0.4 is 15.4 Å². The first-order chi connectivity index (χ1) is 9.37. The van der Waals surface area contributed by atoms with Crippen LogP contribution in [0.3, 0.4) is 0 Å². The Labute approximate surface area is 129 Å². The summed E-state index contributed by atoms with van der Waals surface area (Å²) in [5, 5.41) is 0. The first-order valence-corrected chi connectivity index (χ1v) is 7.75. The number of nitrogens with zero attached hydrogens (tertiary/aromatic N) is 1. The molecule has 0 saturated heterocycles. The Morgan fingerprint density at radius 2 is 1.81 bits per heavy atom. The summed E-state index contributed by atoms with van der Waals surface area (Å²) in [6.45, 7) is 16.8. The molecule has 1 aliphatic heterocycles. The van der Waals surface area contributed by atoms with E-state index in [-0.39, 0.29) is 16.6 Å². The van der Waals surface area contributed by atoms with Crippen molar-refractivity contribution in [2.75, 3.05) is 18.0 Å². The third-order valence-corrected chi connectivity index (χ3v) is 3.72. The van der Waals surface area contributed by atoms with E-state index < -0.39 is 0 Å². The zero-order valence-corrected chi connectivity index (χ0v) is 14.6. The minimum absolute atomic E-state index is 0.131. The van der Waals surface area contributed by atoms with Crippen LogP contribution in [0.1, 0.15) is 54.0 Å². The number of hydrogen-bond acceptors (Lipinski definition) is 3. The van der Waals surface area contributed by atoms with Gasteiger partial charge in [0, 0.05) is 12.1 Å². The van der Waals surface area contributed by atoms with E-state index in [9.17, 15) is 0 Å². The SMILES string of the molecule is CC(C)(N)CN1CC(C)(C)Oc2ccc(C(C)(C)C)cc21. The Hall–Kier alpha value is -1.22.